The number of carbonyl (C=O) groups excluding carboxylic acids is 1. The summed E-state index contributed by atoms with van der Waals surface area (Å²) in [6, 6.07) is 12.7. The standard InChI is InChI=1S/C20H19F3N4O/c1-27-11-14-5-3-2-4-12(14)8-15(27)10-24-18(28)13-6-7-16-17(9-13)26-19(25-16)20(21,22)23/h2-7,9,15H,8,10-11H2,1H3,(H,24,28)(H,25,26). The van der Waals surface area contributed by atoms with Crippen LogP contribution in [-0.4, -0.2) is 40.4 Å². The molecule has 0 spiro atoms. The van der Waals surface area contributed by atoms with Crippen LogP contribution in [0.1, 0.15) is 27.3 Å². The molecule has 8 heteroatoms. The van der Waals surface area contributed by atoms with Crippen molar-refractivity contribution in [3.8, 4) is 0 Å². The lowest BCUT2D eigenvalue weighted by molar-refractivity contribution is -0.144. The van der Waals surface area contributed by atoms with Crippen molar-refractivity contribution in [2.45, 2.75) is 25.2 Å². The summed E-state index contributed by atoms with van der Waals surface area (Å²) < 4.78 is 38.3. The maximum Gasteiger partial charge on any atom is 0.449 e. The Hall–Kier alpha value is -2.87. The van der Waals surface area contributed by atoms with Crippen molar-refractivity contribution in [3.63, 3.8) is 0 Å². The van der Waals surface area contributed by atoms with E-state index in [9.17, 15) is 18.0 Å². The van der Waals surface area contributed by atoms with E-state index in [-0.39, 0.29) is 23.0 Å². The van der Waals surface area contributed by atoms with Crippen molar-refractivity contribution in [1.82, 2.24) is 20.2 Å². The largest absolute Gasteiger partial charge is 0.449 e. The van der Waals surface area contributed by atoms with E-state index >= 15 is 0 Å². The van der Waals surface area contributed by atoms with Gasteiger partial charge >= 0.3 is 6.18 Å². The topological polar surface area (TPSA) is 61.0 Å². The van der Waals surface area contributed by atoms with Crippen molar-refractivity contribution in [3.05, 3.63) is 65.0 Å². The van der Waals surface area contributed by atoms with Crippen LogP contribution in [0, 0.1) is 0 Å². The average Bonchev–Trinajstić information content (AvgIpc) is 3.10. The molecule has 0 aliphatic carbocycles. The van der Waals surface area contributed by atoms with Gasteiger partial charge in [-0.25, -0.2) is 4.98 Å². The molecule has 0 bridgehead atoms. The fourth-order valence-electron chi connectivity index (χ4n) is 3.54. The highest BCUT2D eigenvalue weighted by Gasteiger charge is 2.34. The van der Waals surface area contributed by atoms with Gasteiger partial charge in [0.15, 0.2) is 0 Å². The molecule has 2 heterocycles. The Morgan fingerprint density at radius 2 is 2.00 bits per heavy atom. The minimum absolute atomic E-state index is 0.159. The van der Waals surface area contributed by atoms with Gasteiger partial charge in [-0.1, -0.05) is 24.3 Å². The Balaban J connectivity index is 1.45. The van der Waals surface area contributed by atoms with Gasteiger partial charge in [-0.15, -0.1) is 0 Å². The number of amides is 1. The molecule has 1 unspecified atom stereocenters. The molecule has 4 rings (SSSR count). The third-order valence-corrected chi connectivity index (χ3v) is 5.13. The predicted octanol–water partition coefficient (Wildman–Crippen LogP) is 3.37. The molecule has 1 aliphatic rings. The first-order chi connectivity index (χ1) is 13.3. The second-order valence-electron chi connectivity index (χ2n) is 7.07. The lowest BCUT2D eigenvalue weighted by Crippen LogP contribution is -2.45. The Morgan fingerprint density at radius 1 is 1.25 bits per heavy atom. The molecule has 1 aliphatic heterocycles. The molecule has 0 fully saturated rings. The summed E-state index contributed by atoms with van der Waals surface area (Å²) in [6.07, 6.45) is -3.72. The lowest BCUT2D eigenvalue weighted by atomic mass is 9.94. The van der Waals surface area contributed by atoms with Crippen LogP contribution >= 0.6 is 0 Å². The Morgan fingerprint density at radius 3 is 2.75 bits per heavy atom. The van der Waals surface area contributed by atoms with Crippen LogP contribution in [0.5, 0.6) is 0 Å². The Kier molecular flexibility index (Phi) is 4.58. The molecule has 28 heavy (non-hydrogen) atoms. The predicted molar refractivity (Wildman–Crippen MR) is 98.8 cm³/mol. The van der Waals surface area contributed by atoms with Gasteiger partial charge < -0.3 is 10.3 Å². The number of rotatable bonds is 3. The smallest absolute Gasteiger partial charge is 0.350 e. The molecule has 0 saturated carbocycles. The lowest BCUT2D eigenvalue weighted by Gasteiger charge is -2.34. The number of carbonyl (C=O) groups is 1. The molecule has 1 aromatic heterocycles. The average molecular weight is 388 g/mol. The van der Waals surface area contributed by atoms with Crippen LogP contribution in [0.3, 0.4) is 0 Å². The summed E-state index contributed by atoms with van der Waals surface area (Å²) in [4.78, 5) is 20.4. The number of benzene rings is 2. The molecule has 0 radical (unpaired) electrons. The Labute approximate surface area is 159 Å². The van der Waals surface area contributed by atoms with Crippen LogP contribution in [0.2, 0.25) is 0 Å². The van der Waals surface area contributed by atoms with Gasteiger partial charge in [0.1, 0.15) is 0 Å². The zero-order valence-electron chi connectivity index (χ0n) is 15.2. The van der Waals surface area contributed by atoms with Crippen LogP contribution in [0.4, 0.5) is 13.2 Å². The number of likely N-dealkylation sites (N-methyl/N-ethyl adjacent to an activating group) is 1. The van der Waals surface area contributed by atoms with Gasteiger partial charge in [-0.2, -0.15) is 13.2 Å². The summed E-state index contributed by atoms with van der Waals surface area (Å²) in [5.74, 6) is -1.39. The fourth-order valence-corrected chi connectivity index (χ4v) is 3.54. The molecule has 2 N–H and O–H groups in total. The zero-order valence-corrected chi connectivity index (χ0v) is 15.2. The Bertz CT molecular complexity index is 1030. The second-order valence-corrected chi connectivity index (χ2v) is 7.07. The maximum atomic E-state index is 12.8. The number of nitrogens with one attached hydrogen (secondary N) is 2. The third kappa shape index (κ3) is 3.60. The number of fused-ring (bicyclic) bond motifs is 2. The molecule has 0 saturated heterocycles. The second kappa shape index (κ2) is 6.94. The highest BCUT2D eigenvalue weighted by Crippen LogP contribution is 2.28. The maximum absolute atomic E-state index is 12.8. The first-order valence-corrected chi connectivity index (χ1v) is 8.93. The SMILES string of the molecule is CN1Cc2ccccc2CC1CNC(=O)c1ccc2nc(C(F)(F)F)[nH]c2c1. The quantitative estimate of drug-likeness (QED) is 0.723. The van der Waals surface area contributed by atoms with Crippen LogP contribution in [0.15, 0.2) is 42.5 Å². The van der Waals surface area contributed by atoms with E-state index in [1.807, 2.05) is 19.2 Å². The molecular formula is C20H19F3N4O. The molecule has 2 aromatic carbocycles. The molecule has 1 amide bonds. The number of imidazole rings is 1. The third-order valence-electron chi connectivity index (χ3n) is 5.13. The fraction of sp³-hybridized carbons (Fsp3) is 0.300. The van der Waals surface area contributed by atoms with Gasteiger partial charge in [0, 0.05) is 24.7 Å². The number of aromatic amines is 1. The minimum atomic E-state index is -4.55. The van der Waals surface area contributed by atoms with Gasteiger partial charge in [0.25, 0.3) is 5.91 Å². The number of nitrogens with zero attached hydrogens (tertiary/aromatic N) is 2. The van der Waals surface area contributed by atoms with E-state index in [1.165, 1.54) is 29.3 Å². The van der Waals surface area contributed by atoms with E-state index in [2.05, 4.69) is 32.3 Å². The number of alkyl halides is 3. The van der Waals surface area contributed by atoms with Crippen LogP contribution < -0.4 is 5.32 Å². The van der Waals surface area contributed by atoms with Crippen molar-refractivity contribution in [2.24, 2.45) is 0 Å². The van der Waals surface area contributed by atoms with Crippen molar-refractivity contribution in [2.75, 3.05) is 13.6 Å². The zero-order chi connectivity index (χ0) is 19.9. The van der Waals surface area contributed by atoms with Gasteiger partial charge in [0.2, 0.25) is 5.82 Å². The number of hydrogen-bond donors (Lipinski definition) is 2. The monoisotopic (exact) mass is 388 g/mol. The normalized spacial score (nSPS) is 17.5. The van der Waals surface area contributed by atoms with E-state index in [4.69, 9.17) is 0 Å². The first kappa shape index (κ1) is 18.5. The number of aromatic nitrogens is 2. The summed E-state index contributed by atoms with van der Waals surface area (Å²) in [7, 11) is 2.02. The van der Waals surface area contributed by atoms with E-state index in [0.29, 0.717) is 12.1 Å². The van der Waals surface area contributed by atoms with Crippen LogP contribution in [0.25, 0.3) is 11.0 Å². The van der Waals surface area contributed by atoms with Gasteiger partial charge in [-0.05, 0) is 42.8 Å². The summed E-state index contributed by atoms with van der Waals surface area (Å²) in [5.41, 5.74) is 3.22. The van der Waals surface area contributed by atoms with Gasteiger partial charge in [-0.3, -0.25) is 9.69 Å². The highest BCUT2D eigenvalue weighted by molar-refractivity contribution is 5.97. The first-order valence-electron chi connectivity index (χ1n) is 8.93. The van der Waals surface area contributed by atoms with Crippen molar-refractivity contribution < 1.29 is 18.0 Å². The molecule has 5 nitrogen and oxygen atoms in total. The molecular weight excluding hydrogens is 369 g/mol. The van der Waals surface area contributed by atoms with Gasteiger partial charge in [0.05, 0.1) is 11.0 Å². The van der Waals surface area contributed by atoms with Crippen LogP contribution in [-0.2, 0) is 19.1 Å². The summed E-state index contributed by atoms with van der Waals surface area (Å²) in [5, 5.41) is 2.89. The van der Waals surface area contributed by atoms with E-state index in [0.717, 1.165) is 13.0 Å². The summed E-state index contributed by atoms with van der Waals surface area (Å²) >= 11 is 0. The van der Waals surface area contributed by atoms with E-state index in [1.54, 1.807) is 0 Å². The minimum Gasteiger partial charge on any atom is -0.350 e. The number of halogens is 3. The molecule has 146 valence electrons. The molecule has 1 atom stereocenters. The number of hydrogen-bond acceptors (Lipinski definition) is 3. The molecule has 3 aromatic rings. The van der Waals surface area contributed by atoms with Crippen molar-refractivity contribution in [1.29, 1.82) is 0 Å². The highest BCUT2D eigenvalue weighted by atomic mass is 19.4. The number of H-pyrrole nitrogens is 1. The van der Waals surface area contributed by atoms with E-state index < -0.39 is 12.0 Å². The summed E-state index contributed by atoms with van der Waals surface area (Å²) in [6.45, 7) is 1.27. The van der Waals surface area contributed by atoms with Crippen molar-refractivity contribution >= 4 is 16.9 Å².